The van der Waals surface area contributed by atoms with Gasteiger partial charge in [-0.3, -0.25) is 9.69 Å². The molecule has 0 radical (unpaired) electrons. The Hall–Kier alpha value is -2.00. The average molecular weight is 430 g/mol. The van der Waals surface area contributed by atoms with Crippen molar-refractivity contribution in [1.29, 1.82) is 0 Å². The van der Waals surface area contributed by atoms with Crippen LogP contribution in [0.3, 0.4) is 0 Å². The molecule has 0 saturated carbocycles. The largest absolute Gasteiger partial charge is 0.354 e. The number of nitrogens with zero attached hydrogens (tertiary/aromatic N) is 4. The first-order valence-electron chi connectivity index (χ1n) is 9.82. The number of carbonyl (C=O) groups excluding carboxylic acids is 1. The van der Waals surface area contributed by atoms with E-state index < -0.39 is 0 Å². The molecule has 1 aliphatic rings. The number of carbonyl (C=O) groups is 1. The van der Waals surface area contributed by atoms with Gasteiger partial charge in [0, 0.05) is 53.4 Å². The van der Waals surface area contributed by atoms with Crippen molar-refractivity contribution in [3.05, 3.63) is 46.3 Å². The van der Waals surface area contributed by atoms with Crippen molar-refractivity contribution < 1.29 is 4.79 Å². The lowest BCUT2D eigenvalue weighted by Crippen LogP contribution is -2.43. The molecule has 0 atom stereocenters. The molecule has 1 saturated heterocycles. The third kappa shape index (κ3) is 4.95. The van der Waals surface area contributed by atoms with Crippen molar-refractivity contribution in [3.8, 4) is 0 Å². The highest BCUT2D eigenvalue weighted by Gasteiger charge is 2.16. The SMILES string of the molecule is CN1CCN(Cc2cccc(CNC(=O)c3cc4sc(N(C)C)nc4s3)c2)CC1. The lowest BCUT2D eigenvalue weighted by molar-refractivity contribution is 0.0955. The molecule has 154 valence electrons. The number of benzene rings is 1. The van der Waals surface area contributed by atoms with Gasteiger partial charge in [-0.2, -0.15) is 0 Å². The van der Waals surface area contributed by atoms with E-state index in [1.54, 1.807) is 11.3 Å². The fourth-order valence-corrected chi connectivity index (χ4v) is 5.45. The number of anilines is 1. The molecule has 8 heteroatoms. The molecule has 3 aromatic rings. The van der Waals surface area contributed by atoms with Crippen LogP contribution in [0.4, 0.5) is 5.13 Å². The summed E-state index contributed by atoms with van der Waals surface area (Å²) in [6, 6.07) is 10.5. The van der Waals surface area contributed by atoms with E-state index in [1.165, 1.54) is 16.9 Å². The van der Waals surface area contributed by atoms with E-state index in [1.807, 2.05) is 25.1 Å². The Morgan fingerprint density at radius 2 is 1.90 bits per heavy atom. The second-order valence-electron chi connectivity index (χ2n) is 7.75. The van der Waals surface area contributed by atoms with E-state index in [0.29, 0.717) is 6.54 Å². The summed E-state index contributed by atoms with van der Waals surface area (Å²) in [6.07, 6.45) is 0. The van der Waals surface area contributed by atoms with Gasteiger partial charge in [0.2, 0.25) is 0 Å². The van der Waals surface area contributed by atoms with Gasteiger partial charge >= 0.3 is 0 Å². The van der Waals surface area contributed by atoms with Crippen molar-refractivity contribution in [1.82, 2.24) is 20.1 Å². The van der Waals surface area contributed by atoms with E-state index in [4.69, 9.17) is 0 Å². The van der Waals surface area contributed by atoms with Crippen LogP contribution in [0.5, 0.6) is 0 Å². The van der Waals surface area contributed by atoms with E-state index in [-0.39, 0.29) is 5.91 Å². The van der Waals surface area contributed by atoms with Crippen LogP contribution >= 0.6 is 22.7 Å². The maximum atomic E-state index is 12.6. The molecule has 1 N–H and O–H groups in total. The highest BCUT2D eigenvalue weighted by Crippen LogP contribution is 2.33. The minimum Gasteiger partial charge on any atom is -0.354 e. The third-order valence-corrected chi connectivity index (χ3v) is 7.46. The number of thiazole rings is 1. The highest BCUT2D eigenvalue weighted by molar-refractivity contribution is 7.29. The van der Waals surface area contributed by atoms with Crippen LogP contribution in [0, 0.1) is 0 Å². The Balaban J connectivity index is 1.34. The van der Waals surface area contributed by atoms with Crippen LogP contribution < -0.4 is 10.2 Å². The second kappa shape index (κ2) is 8.79. The smallest absolute Gasteiger partial charge is 0.261 e. The number of hydrogen-bond donors (Lipinski definition) is 1. The van der Waals surface area contributed by atoms with Crippen LogP contribution in [-0.4, -0.2) is 68.0 Å². The van der Waals surface area contributed by atoms with Gasteiger partial charge in [-0.15, -0.1) is 11.3 Å². The Morgan fingerprint density at radius 3 is 2.62 bits per heavy atom. The Kier molecular flexibility index (Phi) is 6.15. The molecule has 0 spiro atoms. The van der Waals surface area contributed by atoms with Crippen molar-refractivity contribution in [2.45, 2.75) is 13.1 Å². The number of aromatic nitrogens is 1. The molecule has 29 heavy (non-hydrogen) atoms. The molecule has 2 aromatic heterocycles. The van der Waals surface area contributed by atoms with Crippen LogP contribution in [-0.2, 0) is 13.1 Å². The summed E-state index contributed by atoms with van der Waals surface area (Å²) in [6.45, 7) is 5.97. The topological polar surface area (TPSA) is 51.7 Å². The van der Waals surface area contributed by atoms with E-state index in [0.717, 1.165) is 57.8 Å². The number of hydrogen-bond acceptors (Lipinski definition) is 7. The minimum absolute atomic E-state index is 0.0314. The van der Waals surface area contributed by atoms with Crippen LogP contribution in [0.15, 0.2) is 30.3 Å². The van der Waals surface area contributed by atoms with Crippen molar-refractivity contribution >= 4 is 43.2 Å². The van der Waals surface area contributed by atoms with Gasteiger partial charge in [0.1, 0.15) is 4.83 Å². The van der Waals surface area contributed by atoms with Gasteiger partial charge < -0.3 is 15.1 Å². The number of likely N-dealkylation sites (N-methyl/N-ethyl adjacent to an activating group) is 1. The molecule has 0 aliphatic carbocycles. The number of rotatable bonds is 6. The first kappa shape index (κ1) is 20.3. The summed E-state index contributed by atoms with van der Waals surface area (Å²) in [5.41, 5.74) is 2.44. The number of fused-ring (bicyclic) bond motifs is 1. The zero-order chi connectivity index (χ0) is 20.4. The third-order valence-electron chi connectivity index (χ3n) is 5.13. The quantitative estimate of drug-likeness (QED) is 0.653. The molecule has 6 nitrogen and oxygen atoms in total. The minimum atomic E-state index is -0.0314. The summed E-state index contributed by atoms with van der Waals surface area (Å²) in [5, 5.41) is 4.03. The maximum Gasteiger partial charge on any atom is 0.261 e. The zero-order valence-corrected chi connectivity index (χ0v) is 18.8. The number of amides is 1. The lowest BCUT2D eigenvalue weighted by Gasteiger charge is -2.32. The van der Waals surface area contributed by atoms with Gasteiger partial charge in [0.05, 0.1) is 9.58 Å². The Morgan fingerprint density at radius 1 is 1.14 bits per heavy atom. The predicted octanol–water partition coefficient (Wildman–Crippen LogP) is 3.10. The summed E-state index contributed by atoms with van der Waals surface area (Å²) in [7, 11) is 6.14. The molecule has 4 rings (SSSR count). The predicted molar refractivity (Wildman–Crippen MR) is 122 cm³/mol. The molecule has 1 aromatic carbocycles. The highest BCUT2D eigenvalue weighted by atomic mass is 32.1. The van der Waals surface area contributed by atoms with E-state index in [9.17, 15) is 4.79 Å². The first-order valence-corrected chi connectivity index (χ1v) is 11.5. The number of piperazine rings is 1. The van der Waals surface area contributed by atoms with Crippen LogP contribution in [0.25, 0.3) is 9.53 Å². The second-order valence-corrected chi connectivity index (χ2v) is 9.79. The normalized spacial score (nSPS) is 15.7. The van der Waals surface area contributed by atoms with Crippen molar-refractivity contribution in [2.75, 3.05) is 52.2 Å². The van der Waals surface area contributed by atoms with E-state index in [2.05, 4.69) is 51.4 Å². The van der Waals surface area contributed by atoms with Gasteiger partial charge in [-0.1, -0.05) is 35.6 Å². The maximum absolute atomic E-state index is 12.6. The van der Waals surface area contributed by atoms with Gasteiger partial charge in [-0.05, 0) is 24.2 Å². The number of nitrogens with one attached hydrogen (secondary N) is 1. The summed E-state index contributed by atoms with van der Waals surface area (Å²) >= 11 is 3.07. The Labute approximate surface area is 179 Å². The fraction of sp³-hybridized carbons (Fsp3) is 0.429. The summed E-state index contributed by atoms with van der Waals surface area (Å²) < 4.78 is 1.07. The standard InChI is InChI=1S/C21H27N5OS2/c1-24(2)21-23-20-18(29-21)12-17(28-20)19(27)22-13-15-5-4-6-16(11-15)14-26-9-7-25(3)8-10-26/h4-6,11-12H,7-10,13-14H2,1-3H3,(H,22,27). The summed E-state index contributed by atoms with van der Waals surface area (Å²) in [4.78, 5) is 25.7. The average Bonchev–Trinajstić information content (AvgIpc) is 3.28. The van der Waals surface area contributed by atoms with Gasteiger partial charge in [0.25, 0.3) is 5.91 Å². The molecule has 3 heterocycles. The molecule has 0 unspecified atom stereocenters. The first-order chi connectivity index (χ1) is 14.0. The molecule has 1 amide bonds. The lowest BCUT2D eigenvalue weighted by atomic mass is 10.1. The number of thiophene rings is 1. The molecule has 0 bridgehead atoms. The van der Waals surface area contributed by atoms with Gasteiger partial charge in [-0.25, -0.2) is 4.98 Å². The van der Waals surface area contributed by atoms with Crippen molar-refractivity contribution in [3.63, 3.8) is 0 Å². The molecular formula is C21H27N5OS2. The zero-order valence-electron chi connectivity index (χ0n) is 17.1. The summed E-state index contributed by atoms with van der Waals surface area (Å²) in [5.74, 6) is -0.0314. The monoisotopic (exact) mass is 429 g/mol. The van der Waals surface area contributed by atoms with Crippen LogP contribution in [0.1, 0.15) is 20.8 Å². The van der Waals surface area contributed by atoms with E-state index >= 15 is 0 Å². The molecule has 1 fully saturated rings. The Bertz CT molecular complexity index is 957. The molecule has 1 aliphatic heterocycles. The van der Waals surface area contributed by atoms with Crippen LogP contribution in [0.2, 0.25) is 0 Å². The molecular weight excluding hydrogens is 402 g/mol. The van der Waals surface area contributed by atoms with Gasteiger partial charge in [0.15, 0.2) is 5.13 Å². The fourth-order valence-electron chi connectivity index (χ4n) is 3.40. The van der Waals surface area contributed by atoms with Crippen molar-refractivity contribution in [2.24, 2.45) is 0 Å².